The van der Waals surface area contributed by atoms with Crippen LogP contribution in [0.15, 0.2) is 0 Å². The van der Waals surface area contributed by atoms with Gasteiger partial charge in [-0.3, -0.25) is 14.4 Å². The molecule has 8 N–H and O–H groups in total. The number of ketones is 1. The topological polar surface area (TPSA) is 176 Å². The second-order valence-electron chi connectivity index (χ2n) is 6.10. The van der Waals surface area contributed by atoms with Crippen LogP contribution in [0.4, 0.5) is 0 Å². The number of rotatable bonds is 14. The molecule has 1 amide bonds. The Hall–Kier alpha value is -1.55. The van der Waals surface area contributed by atoms with Gasteiger partial charge in [-0.15, -0.1) is 0 Å². The van der Waals surface area contributed by atoms with Gasteiger partial charge in [-0.05, 0) is 32.4 Å². The zero-order valence-electron chi connectivity index (χ0n) is 14.0. The number of aliphatic hydroxyl groups excluding tert-OH is 2. The predicted octanol–water partition coefficient (Wildman–Crippen LogP) is -1.79. The van der Waals surface area contributed by atoms with Gasteiger partial charge in [0, 0.05) is 25.3 Å². The van der Waals surface area contributed by atoms with E-state index in [1.165, 1.54) is 0 Å². The molecule has 0 aliphatic carbocycles. The Labute approximate surface area is 141 Å². The van der Waals surface area contributed by atoms with Gasteiger partial charge in [0.25, 0.3) is 0 Å². The predicted molar refractivity (Wildman–Crippen MR) is 86.9 cm³/mol. The lowest BCUT2D eigenvalue weighted by Crippen LogP contribution is -2.37. The summed E-state index contributed by atoms with van der Waals surface area (Å²) in [6.07, 6.45) is -0.379. The van der Waals surface area contributed by atoms with Crippen molar-refractivity contribution in [2.24, 2.45) is 23.3 Å². The third-order valence-electron chi connectivity index (χ3n) is 3.76. The van der Waals surface area contributed by atoms with Crippen molar-refractivity contribution in [2.45, 2.75) is 44.8 Å². The normalized spacial score (nSPS) is 16.2. The molecule has 0 aromatic heterocycles. The molecule has 1 unspecified atom stereocenters. The van der Waals surface area contributed by atoms with E-state index in [0.29, 0.717) is 19.5 Å². The maximum absolute atomic E-state index is 11.9. The van der Waals surface area contributed by atoms with Gasteiger partial charge >= 0.3 is 5.97 Å². The van der Waals surface area contributed by atoms with Crippen LogP contribution < -0.4 is 16.8 Å². The number of hydrogen-bond donors (Lipinski definition) is 6. The highest BCUT2D eigenvalue weighted by Crippen LogP contribution is 2.13. The molecule has 9 heteroatoms. The summed E-state index contributed by atoms with van der Waals surface area (Å²) in [6, 6.07) is -0.366. The van der Waals surface area contributed by atoms with Gasteiger partial charge in [0.2, 0.25) is 5.91 Å². The monoisotopic (exact) mass is 347 g/mol. The summed E-state index contributed by atoms with van der Waals surface area (Å²) in [4.78, 5) is 33.9. The third kappa shape index (κ3) is 10.3. The summed E-state index contributed by atoms with van der Waals surface area (Å²) < 4.78 is 0. The number of aliphatic carboxylic acids is 1. The fraction of sp³-hybridized carbons (Fsp3) is 0.800. The van der Waals surface area contributed by atoms with Crippen molar-refractivity contribution in [1.82, 2.24) is 5.32 Å². The molecule has 0 aromatic rings. The summed E-state index contributed by atoms with van der Waals surface area (Å²) in [5.74, 6) is -3.62. The number of primary amides is 1. The molecule has 0 saturated heterocycles. The zero-order valence-corrected chi connectivity index (χ0v) is 14.0. The summed E-state index contributed by atoms with van der Waals surface area (Å²) in [7, 11) is 0. The van der Waals surface area contributed by atoms with Crippen molar-refractivity contribution < 1.29 is 29.7 Å². The average molecular weight is 347 g/mol. The standard InChI is InChI=1S/C15H29N3O6/c1-9(20)13(16)2-3-18-7-10(5-14(17)22)4-12(21)6-11(8-19)15(23)24/h9-11,13,18-20H,2-8,16H2,1H3,(H2,17,22)(H,23,24)/t9?,10-,11-,13+/m1/s1. The Balaban J connectivity index is 4.37. The molecule has 0 fully saturated rings. The number of carbonyl (C=O) groups excluding carboxylic acids is 2. The lowest BCUT2D eigenvalue weighted by Gasteiger charge is -2.18. The largest absolute Gasteiger partial charge is 0.481 e. The summed E-state index contributed by atoms with van der Waals surface area (Å²) in [5, 5.41) is 30.1. The van der Waals surface area contributed by atoms with Crippen LogP contribution in [0.25, 0.3) is 0 Å². The quantitative estimate of drug-likeness (QED) is 0.199. The van der Waals surface area contributed by atoms with Gasteiger partial charge in [-0.25, -0.2) is 0 Å². The van der Waals surface area contributed by atoms with E-state index in [0.717, 1.165) is 0 Å². The average Bonchev–Trinajstić information content (AvgIpc) is 2.47. The van der Waals surface area contributed by atoms with Crippen molar-refractivity contribution >= 4 is 17.7 Å². The number of hydrogen-bond acceptors (Lipinski definition) is 7. The molecular weight excluding hydrogens is 318 g/mol. The van der Waals surface area contributed by atoms with Crippen molar-refractivity contribution in [1.29, 1.82) is 0 Å². The molecule has 0 aromatic carbocycles. The number of nitrogens with two attached hydrogens (primary N) is 2. The zero-order chi connectivity index (χ0) is 18.7. The smallest absolute Gasteiger partial charge is 0.309 e. The molecule has 0 rings (SSSR count). The first-order valence-corrected chi connectivity index (χ1v) is 7.95. The minimum Gasteiger partial charge on any atom is -0.481 e. The van der Waals surface area contributed by atoms with Crippen LogP contribution in [0.1, 0.15) is 32.6 Å². The van der Waals surface area contributed by atoms with Gasteiger partial charge in [-0.1, -0.05) is 0 Å². The van der Waals surface area contributed by atoms with Crippen LogP contribution >= 0.6 is 0 Å². The summed E-state index contributed by atoms with van der Waals surface area (Å²) >= 11 is 0. The molecule has 4 atom stereocenters. The molecule has 24 heavy (non-hydrogen) atoms. The number of aliphatic hydroxyl groups is 2. The van der Waals surface area contributed by atoms with Gasteiger partial charge in [0.05, 0.1) is 18.6 Å². The van der Waals surface area contributed by atoms with Gasteiger partial charge in [0.1, 0.15) is 5.78 Å². The molecule has 0 spiro atoms. The number of carboxylic acid groups (broad SMARTS) is 1. The molecule has 140 valence electrons. The molecule has 0 bridgehead atoms. The van der Waals surface area contributed by atoms with Crippen molar-refractivity contribution in [3.05, 3.63) is 0 Å². The van der Waals surface area contributed by atoms with Gasteiger partial charge in [0.15, 0.2) is 0 Å². The van der Waals surface area contributed by atoms with Crippen LogP contribution in [-0.4, -0.2) is 64.8 Å². The van der Waals surface area contributed by atoms with Crippen LogP contribution in [-0.2, 0) is 14.4 Å². The van der Waals surface area contributed by atoms with E-state index in [1.807, 2.05) is 0 Å². The summed E-state index contributed by atoms with van der Waals surface area (Å²) in [6.45, 7) is 1.83. The minimum absolute atomic E-state index is 0.00193. The van der Waals surface area contributed by atoms with E-state index in [1.54, 1.807) is 6.92 Å². The number of carboxylic acids is 1. The highest BCUT2D eigenvalue weighted by Gasteiger charge is 2.23. The molecule has 0 aliphatic rings. The Kier molecular flexibility index (Phi) is 11.1. The molecule has 9 nitrogen and oxygen atoms in total. The molecule has 0 saturated carbocycles. The van der Waals surface area contributed by atoms with E-state index in [-0.39, 0.29) is 37.0 Å². The van der Waals surface area contributed by atoms with Crippen LogP contribution in [0, 0.1) is 11.8 Å². The van der Waals surface area contributed by atoms with E-state index < -0.39 is 30.5 Å². The van der Waals surface area contributed by atoms with Crippen molar-refractivity contribution in [3.8, 4) is 0 Å². The van der Waals surface area contributed by atoms with E-state index in [2.05, 4.69) is 5.32 Å². The molecule has 0 aliphatic heterocycles. The van der Waals surface area contributed by atoms with Crippen molar-refractivity contribution in [3.63, 3.8) is 0 Å². The van der Waals surface area contributed by atoms with Gasteiger partial charge < -0.3 is 32.1 Å². The van der Waals surface area contributed by atoms with Crippen LogP contribution in [0.3, 0.4) is 0 Å². The van der Waals surface area contributed by atoms with E-state index in [9.17, 15) is 19.5 Å². The number of amides is 1. The van der Waals surface area contributed by atoms with Gasteiger partial charge in [-0.2, -0.15) is 0 Å². The minimum atomic E-state index is -1.23. The third-order valence-corrected chi connectivity index (χ3v) is 3.76. The first-order valence-electron chi connectivity index (χ1n) is 7.95. The van der Waals surface area contributed by atoms with Crippen LogP contribution in [0.5, 0.6) is 0 Å². The highest BCUT2D eigenvalue weighted by atomic mass is 16.4. The second-order valence-corrected chi connectivity index (χ2v) is 6.10. The molecule has 0 heterocycles. The van der Waals surface area contributed by atoms with E-state index in [4.69, 9.17) is 21.7 Å². The Morgan fingerprint density at radius 1 is 1.17 bits per heavy atom. The molecule has 0 radical (unpaired) electrons. The maximum atomic E-state index is 11.9. The number of nitrogens with one attached hydrogen (secondary N) is 1. The second kappa shape index (κ2) is 11.9. The Bertz CT molecular complexity index is 416. The first kappa shape index (κ1) is 22.4. The number of Topliss-reactive ketones (excluding diaryl/α,β-unsaturated/α-hetero) is 1. The molecular formula is C15H29N3O6. The Morgan fingerprint density at radius 2 is 1.79 bits per heavy atom. The SMILES string of the molecule is CC(O)[C@@H](N)CCNC[C@@H](CC(N)=O)CC(=O)C[C@H](CO)C(=O)O. The summed E-state index contributed by atoms with van der Waals surface area (Å²) in [5.41, 5.74) is 10.9. The fourth-order valence-corrected chi connectivity index (χ4v) is 2.23. The van der Waals surface area contributed by atoms with Crippen LogP contribution in [0.2, 0.25) is 0 Å². The lowest BCUT2D eigenvalue weighted by molar-refractivity contribution is -0.145. The number of carbonyl (C=O) groups is 3. The maximum Gasteiger partial charge on any atom is 0.309 e. The lowest BCUT2D eigenvalue weighted by atomic mass is 9.93. The highest BCUT2D eigenvalue weighted by molar-refractivity contribution is 5.84. The van der Waals surface area contributed by atoms with E-state index >= 15 is 0 Å². The first-order chi connectivity index (χ1) is 11.2. The van der Waals surface area contributed by atoms with Crippen molar-refractivity contribution in [2.75, 3.05) is 19.7 Å². The fourth-order valence-electron chi connectivity index (χ4n) is 2.23. The Morgan fingerprint density at radius 3 is 2.25 bits per heavy atom.